The predicted molar refractivity (Wildman–Crippen MR) is 69.7 cm³/mol. The molecule has 0 spiro atoms. The summed E-state index contributed by atoms with van der Waals surface area (Å²) in [6, 6.07) is 4.02. The van der Waals surface area contributed by atoms with Gasteiger partial charge in [0, 0.05) is 30.9 Å². The molecule has 3 nitrogen and oxygen atoms in total. The summed E-state index contributed by atoms with van der Waals surface area (Å²) in [5, 5.41) is 0. The predicted octanol–water partition coefficient (Wildman–Crippen LogP) is 2.95. The van der Waals surface area contributed by atoms with Gasteiger partial charge in [-0.15, -0.1) is 0 Å². The third kappa shape index (κ3) is 3.02. The number of aromatic nitrogens is 1. The Labute approximate surface area is 109 Å². The molecule has 1 aromatic rings. The van der Waals surface area contributed by atoms with E-state index in [0.717, 1.165) is 49.8 Å². The van der Waals surface area contributed by atoms with Gasteiger partial charge in [0.2, 0.25) is 5.88 Å². The fourth-order valence-corrected chi connectivity index (χ4v) is 2.36. The van der Waals surface area contributed by atoms with Crippen LogP contribution in [0.25, 0.3) is 0 Å². The fourth-order valence-electron chi connectivity index (χ4n) is 2.36. The van der Waals surface area contributed by atoms with Gasteiger partial charge in [-0.1, -0.05) is 0 Å². The fraction of sp³-hybridized carbons (Fsp3) is 0.600. The molecule has 0 aromatic carbocycles. The maximum atomic E-state index is 5.84. The highest BCUT2D eigenvalue weighted by molar-refractivity contribution is 5.30. The minimum absolute atomic E-state index is 0.610. The van der Waals surface area contributed by atoms with Crippen molar-refractivity contribution in [1.82, 2.24) is 4.98 Å². The largest absolute Gasteiger partial charge is 0.477 e. The van der Waals surface area contributed by atoms with Crippen LogP contribution in [0.2, 0.25) is 0 Å². The molecule has 1 aliphatic carbocycles. The van der Waals surface area contributed by atoms with E-state index in [9.17, 15) is 0 Å². The van der Waals surface area contributed by atoms with E-state index in [-0.39, 0.29) is 0 Å². The second kappa shape index (κ2) is 5.27. The van der Waals surface area contributed by atoms with E-state index < -0.39 is 0 Å². The zero-order valence-corrected chi connectivity index (χ0v) is 10.7. The van der Waals surface area contributed by atoms with Crippen LogP contribution in [0.15, 0.2) is 12.1 Å². The lowest BCUT2D eigenvalue weighted by molar-refractivity contribution is 0.0490. The van der Waals surface area contributed by atoms with Gasteiger partial charge in [-0.3, -0.25) is 0 Å². The molecule has 2 aliphatic rings. The Morgan fingerprint density at radius 2 is 2.00 bits per heavy atom. The summed E-state index contributed by atoms with van der Waals surface area (Å²) in [4.78, 5) is 4.59. The average Bonchev–Trinajstić information content (AvgIpc) is 3.21. The molecular weight excluding hydrogens is 226 g/mol. The molecule has 0 amide bonds. The lowest BCUT2D eigenvalue weighted by Crippen LogP contribution is -2.21. The molecule has 0 unspecified atom stereocenters. The molecule has 1 saturated carbocycles. The molecule has 97 valence electrons. The van der Waals surface area contributed by atoms with Crippen molar-refractivity contribution in [2.75, 3.05) is 19.8 Å². The van der Waals surface area contributed by atoms with Gasteiger partial charge in [0.15, 0.2) is 0 Å². The van der Waals surface area contributed by atoms with Gasteiger partial charge in [0.1, 0.15) is 0 Å². The normalized spacial score (nSPS) is 20.9. The summed E-state index contributed by atoms with van der Waals surface area (Å²) in [6.45, 7) is 6.49. The molecule has 3 heteroatoms. The van der Waals surface area contributed by atoms with Crippen molar-refractivity contribution < 1.29 is 9.47 Å². The van der Waals surface area contributed by atoms with Crippen molar-refractivity contribution in [3.8, 4) is 5.88 Å². The Morgan fingerprint density at radius 1 is 1.22 bits per heavy atom. The first-order chi connectivity index (χ1) is 8.81. The van der Waals surface area contributed by atoms with Gasteiger partial charge in [0.25, 0.3) is 0 Å². The van der Waals surface area contributed by atoms with E-state index in [1.807, 2.05) is 6.07 Å². The van der Waals surface area contributed by atoms with Gasteiger partial charge >= 0.3 is 0 Å². The van der Waals surface area contributed by atoms with E-state index in [4.69, 9.17) is 9.47 Å². The van der Waals surface area contributed by atoms with Crippen LogP contribution in [0.1, 0.15) is 42.9 Å². The molecule has 0 bridgehead atoms. The van der Waals surface area contributed by atoms with Gasteiger partial charge in [-0.2, -0.15) is 0 Å². The monoisotopic (exact) mass is 246 g/mol. The highest BCUT2D eigenvalue weighted by atomic mass is 16.5. The zero-order valence-electron chi connectivity index (χ0n) is 10.7. The molecule has 1 radical (unpaired) electrons. The van der Waals surface area contributed by atoms with Crippen LogP contribution in [0.4, 0.5) is 0 Å². The maximum absolute atomic E-state index is 5.84. The van der Waals surface area contributed by atoms with Crippen molar-refractivity contribution >= 4 is 0 Å². The summed E-state index contributed by atoms with van der Waals surface area (Å²) in [6.07, 6.45) is 4.71. The van der Waals surface area contributed by atoms with Crippen LogP contribution in [-0.4, -0.2) is 24.8 Å². The molecule has 1 aliphatic heterocycles. The number of pyridine rings is 1. The van der Waals surface area contributed by atoms with Crippen LogP contribution >= 0.6 is 0 Å². The second-order valence-electron chi connectivity index (χ2n) is 5.38. The first kappa shape index (κ1) is 12.0. The lowest BCUT2D eigenvalue weighted by atomic mass is 10.0. The summed E-state index contributed by atoms with van der Waals surface area (Å²) in [7, 11) is 0. The number of rotatable bonds is 4. The van der Waals surface area contributed by atoms with E-state index >= 15 is 0 Å². The molecule has 0 N–H and O–H groups in total. The first-order valence-electron chi connectivity index (χ1n) is 6.86. The van der Waals surface area contributed by atoms with Gasteiger partial charge in [-0.25, -0.2) is 4.98 Å². The van der Waals surface area contributed by atoms with E-state index in [2.05, 4.69) is 18.0 Å². The topological polar surface area (TPSA) is 31.4 Å². The average molecular weight is 246 g/mol. The van der Waals surface area contributed by atoms with Crippen molar-refractivity contribution in [3.05, 3.63) is 30.3 Å². The maximum Gasteiger partial charge on any atom is 0.213 e. The van der Waals surface area contributed by atoms with Gasteiger partial charge < -0.3 is 9.47 Å². The van der Waals surface area contributed by atoms with Crippen molar-refractivity contribution in [1.29, 1.82) is 0 Å². The molecule has 2 heterocycles. The summed E-state index contributed by atoms with van der Waals surface area (Å²) < 4.78 is 11.2. The third-order valence-corrected chi connectivity index (χ3v) is 3.68. The summed E-state index contributed by atoms with van der Waals surface area (Å²) >= 11 is 0. The molecule has 3 rings (SSSR count). The quantitative estimate of drug-likeness (QED) is 0.818. The van der Waals surface area contributed by atoms with Crippen molar-refractivity contribution in [2.45, 2.75) is 31.6 Å². The lowest BCUT2D eigenvalue weighted by Gasteiger charge is -2.22. The molecule has 0 atom stereocenters. The number of ether oxygens (including phenoxy) is 2. The summed E-state index contributed by atoms with van der Waals surface area (Å²) in [5.41, 5.74) is 2.17. The number of nitrogens with zero attached hydrogens (tertiary/aromatic N) is 1. The minimum Gasteiger partial charge on any atom is -0.477 e. The van der Waals surface area contributed by atoms with E-state index in [1.165, 1.54) is 12.8 Å². The Balaban J connectivity index is 1.60. The van der Waals surface area contributed by atoms with Crippen LogP contribution in [0, 0.1) is 12.8 Å². The first-order valence-corrected chi connectivity index (χ1v) is 6.86. The van der Waals surface area contributed by atoms with Gasteiger partial charge in [0.05, 0.1) is 6.61 Å². The number of hydrogen-bond acceptors (Lipinski definition) is 3. The van der Waals surface area contributed by atoms with E-state index in [0.29, 0.717) is 11.8 Å². The minimum atomic E-state index is 0.610. The smallest absolute Gasteiger partial charge is 0.213 e. The highest BCUT2D eigenvalue weighted by Crippen LogP contribution is 2.39. The summed E-state index contributed by atoms with van der Waals surface area (Å²) in [5.74, 6) is 2.01. The van der Waals surface area contributed by atoms with Crippen LogP contribution in [-0.2, 0) is 4.74 Å². The van der Waals surface area contributed by atoms with Crippen molar-refractivity contribution in [2.24, 2.45) is 5.92 Å². The molecule has 1 aromatic heterocycles. The third-order valence-electron chi connectivity index (χ3n) is 3.68. The SMILES string of the molecule is [CH2]c1cc(OCC2CCOCC2)nc(C2CC2)c1. The molecule has 2 fully saturated rings. The van der Waals surface area contributed by atoms with Gasteiger partial charge in [-0.05, 0) is 50.2 Å². The number of hydrogen-bond donors (Lipinski definition) is 0. The Hall–Kier alpha value is -1.09. The molecule has 18 heavy (non-hydrogen) atoms. The molecule has 1 saturated heterocycles. The molecular formula is C15H20NO2. The second-order valence-corrected chi connectivity index (χ2v) is 5.38. The zero-order chi connectivity index (χ0) is 12.4. The standard InChI is InChI=1S/C15H20NO2/c1-11-8-14(13-2-3-13)16-15(9-11)18-10-12-4-6-17-7-5-12/h8-9,12-13H,1-7,10H2. The van der Waals surface area contributed by atoms with Crippen LogP contribution in [0.5, 0.6) is 5.88 Å². The van der Waals surface area contributed by atoms with Crippen LogP contribution < -0.4 is 4.74 Å². The van der Waals surface area contributed by atoms with E-state index in [1.54, 1.807) is 0 Å². The Morgan fingerprint density at radius 3 is 2.72 bits per heavy atom. The highest BCUT2D eigenvalue weighted by Gasteiger charge is 2.25. The Kier molecular flexibility index (Phi) is 3.50. The Bertz CT molecular complexity index is 409. The van der Waals surface area contributed by atoms with Crippen molar-refractivity contribution in [3.63, 3.8) is 0 Å². The van der Waals surface area contributed by atoms with Crippen LogP contribution in [0.3, 0.4) is 0 Å².